The number of nitrogens with one attached hydrogen (secondary N) is 1. The lowest BCUT2D eigenvalue weighted by Gasteiger charge is -2.26. The first kappa shape index (κ1) is 21.0. The highest BCUT2D eigenvalue weighted by molar-refractivity contribution is 7.85. The maximum atomic E-state index is 14.9. The van der Waals surface area contributed by atoms with Crippen molar-refractivity contribution in [1.82, 2.24) is 0 Å². The molecule has 0 aliphatic heterocycles. The molecule has 0 aliphatic rings. The van der Waals surface area contributed by atoms with Gasteiger partial charge in [0.15, 0.2) is 7.14 Å². The maximum absolute atomic E-state index is 14.9. The molecule has 0 aliphatic carbocycles. The van der Waals surface area contributed by atoms with E-state index < -0.39 is 7.14 Å². The monoisotopic (exact) mass is 427 g/mol. The molecule has 0 saturated heterocycles. The van der Waals surface area contributed by atoms with E-state index in [1.165, 1.54) is 0 Å². The Balaban J connectivity index is 1.92. The van der Waals surface area contributed by atoms with E-state index in [2.05, 4.69) is 24.4 Å². The van der Waals surface area contributed by atoms with Crippen LogP contribution in [0, 0.1) is 0 Å². The molecule has 1 N–H and O–H groups in total. The van der Waals surface area contributed by atoms with Gasteiger partial charge in [0, 0.05) is 22.0 Å². The number of anilines is 1. The number of methoxy groups -OCH3 is 1. The van der Waals surface area contributed by atoms with Crippen molar-refractivity contribution >= 4 is 28.7 Å². The van der Waals surface area contributed by atoms with E-state index in [0.29, 0.717) is 5.75 Å². The van der Waals surface area contributed by atoms with E-state index in [4.69, 9.17) is 4.74 Å². The molecule has 0 spiro atoms. The van der Waals surface area contributed by atoms with Crippen LogP contribution in [0.2, 0.25) is 0 Å². The molecule has 0 amide bonds. The summed E-state index contributed by atoms with van der Waals surface area (Å²) in [6, 6.07) is 35.4. The van der Waals surface area contributed by atoms with Crippen molar-refractivity contribution in [3.05, 3.63) is 115 Å². The molecule has 0 unspecified atom stereocenters. The molecule has 0 fully saturated rings. The van der Waals surface area contributed by atoms with Crippen LogP contribution in [0.25, 0.3) is 0 Å². The van der Waals surface area contributed by atoms with Gasteiger partial charge in [-0.3, -0.25) is 0 Å². The summed E-state index contributed by atoms with van der Waals surface area (Å²) < 4.78 is 20.6. The molecule has 0 radical (unpaired) electrons. The summed E-state index contributed by atoms with van der Waals surface area (Å²) in [4.78, 5) is 0. The standard InChI is InChI=1S/C27H26NO2P/c1-21(22-13-6-3-7-14-22)28-27-25(30-2)19-12-20-26(27)31(29,23-15-8-4-9-16-23)24-17-10-5-11-18-24/h3-21,28H,1-2H3/t21-/m0/s1. The highest BCUT2D eigenvalue weighted by atomic mass is 31.2. The van der Waals surface area contributed by atoms with E-state index in [1.54, 1.807) is 7.11 Å². The Bertz CT molecular complexity index is 1130. The first-order chi connectivity index (χ1) is 15.1. The smallest absolute Gasteiger partial charge is 0.173 e. The summed E-state index contributed by atoms with van der Waals surface area (Å²) in [5, 5.41) is 5.93. The van der Waals surface area contributed by atoms with E-state index in [-0.39, 0.29) is 6.04 Å². The second kappa shape index (κ2) is 9.24. The van der Waals surface area contributed by atoms with E-state index >= 15 is 0 Å². The van der Waals surface area contributed by atoms with Crippen LogP contribution in [0.3, 0.4) is 0 Å². The number of hydrogen-bond donors (Lipinski definition) is 1. The molecule has 0 heterocycles. The van der Waals surface area contributed by atoms with Crippen LogP contribution in [0.4, 0.5) is 5.69 Å². The lowest BCUT2D eigenvalue weighted by Crippen LogP contribution is -2.28. The molecule has 0 saturated carbocycles. The maximum Gasteiger partial charge on any atom is 0.173 e. The Kier molecular flexibility index (Phi) is 6.25. The summed E-state index contributed by atoms with van der Waals surface area (Å²) in [5.74, 6) is 0.673. The van der Waals surface area contributed by atoms with Gasteiger partial charge >= 0.3 is 0 Å². The summed E-state index contributed by atoms with van der Waals surface area (Å²) in [5.41, 5.74) is 1.91. The Morgan fingerprint density at radius 3 is 1.74 bits per heavy atom. The molecule has 1 atom stereocenters. The largest absolute Gasteiger partial charge is 0.495 e. The van der Waals surface area contributed by atoms with Gasteiger partial charge < -0.3 is 14.6 Å². The highest BCUT2D eigenvalue weighted by Crippen LogP contribution is 2.46. The first-order valence-electron chi connectivity index (χ1n) is 10.3. The van der Waals surface area contributed by atoms with Crippen molar-refractivity contribution < 1.29 is 9.30 Å². The number of ether oxygens (including phenoxy) is 1. The summed E-state index contributed by atoms with van der Waals surface area (Å²) in [6.45, 7) is 2.10. The van der Waals surface area contributed by atoms with E-state index in [0.717, 1.165) is 27.2 Å². The van der Waals surface area contributed by atoms with Crippen LogP contribution < -0.4 is 26.0 Å². The van der Waals surface area contributed by atoms with Crippen molar-refractivity contribution in [2.45, 2.75) is 13.0 Å². The topological polar surface area (TPSA) is 38.3 Å². The lowest BCUT2D eigenvalue weighted by molar-refractivity contribution is 0.416. The molecule has 4 heteroatoms. The fraction of sp³-hybridized carbons (Fsp3) is 0.111. The van der Waals surface area contributed by atoms with Crippen LogP contribution in [0.15, 0.2) is 109 Å². The fourth-order valence-electron chi connectivity index (χ4n) is 3.84. The van der Waals surface area contributed by atoms with Crippen molar-refractivity contribution in [3.63, 3.8) is 0 Å². The van der Waals surface area contributed by atoms with Gasteiger partial charge in [0.2, 0.25) is 0 Å². The van der Waals surface area contributed by atoms with Crippen molar-refractivity contribution in [3.8, 4) is 5.75 Å². The second-order valence-electron chi connectivity index (χ2n) is 7.41. The Hall–Kier alpha value is -3.29. The zero-order chi connectivity index (χ0) is 21.7. The van der Waals surface area contributed by atoms with Gasteiger partial charge in [-0.1, -0.05) is 97.1 Å². The van der Waals surface area contributed by atoms with Crippen LogP contribution in [0.1, 0.15) is 18.5 Å². The number of hydrogen-bond acceptors (Lipinski definition) is 3. The highest BCUT2D eigenvalue weighted by Gasteiger charge is 2.33. The molecule has 31 heavy (non-hydrogen) atoms. The van der Waals surface area contributed by atoms with Crippen molar-refractivity contribution in [1.29, 1.82) is 0 Å². The summed E-state index contributed by atoms with van der Waals surface area (Å²) in [7, 11) is -1.50. The summed E-state index contributed by atoms with van der Waals surface area (Å²) in [6.07, 6.45) is 0. The predicted molar refractivity (Wildman–Crippen MR) is 131 cm³/mol. The lowest BCUT2D eigenvalue weighted by atomic mass is 10.1. The molecule has 3 nitrogen and oxygen atoms in total. The average molecular weight is 427 g/mol. The van der Waals surface area contributed by atoms with E-state index in [1.807, 2.05) is 97.1 Å². The van der Waals surface area contributed by atoms with Gasteiger partial charge in [-0.25, -0.2) is 0 Å². The second-order valence-corrected chi connectivity index (χ2v) is 10.1. The number of rotatable bonds is 7. The zero-order valence-corrected chi connectivity index (χ0v) is 18.6. The number of benzene rings is 4. The molecule has 4 aromatic rings. The molecule has 156 valence electrons. The predicted octanol–water partition coefficient (Wildman–Crippen LogP) is 5.51. The van der Waals surface area contributed by atoms with Gasteiger partial charge in [0.1, 0.15) is 5.75 Å². The zero-order valence-electron chi connectivity index (χ0n) is 17.7. The summed E-state index contributed by atoms with van der Waals surface area (Å²) >= 11 is 0. The van der Waals surface area contributed by atoms with Crippen LogP contribution in [-0.2, 0) is 4.57 Å². The molecule has 4 rings (SSSR count). The Morgan fingerprint density at radius 2 is 1.23 bits per heavy atom. The van der Waals surface area contributed by atoms with Gasteiger partial charge in [0.05, 0.1) is 12.8 Å². The van der Waals surface area contributed by atoms with Crippen LogP contribution in [0.5, 0.6) is 5.75 Å². The van der Waals surface area contributed by atoms with Gasteiger partial charge in [-0.15, -0.1) is 0 Å². The molecule has 0 bridgehead atoms. The SMILES string of the molecule is COc1cccc(P(=O)(c2ccccc2)c2ccccc2)c1N[C@@H](C)c1ccccc1. The normalized spacial score (nSPS) is 12.2. The minimum Gasteiger partial charge on any atom is -0.495 e. The quantitative estimate of drug-likeness (QED) is 0.396. The number of para-hydroxylation sites is 1. The first-order valence-corrected chi connectivity index (χ1v) is 12.1. The molecular formula is C27H26NO2P. The fourth-order valence-corrected chi connectivity index (χ4v) is 6.67. The minimum absolute atomic E-state index is 0.0104. The van der Waals surface area contributed by atoms with E-state index in [9.17, 15) is 4.57 Å². The Morgan fingerprint density at radius 1 is 0.710 bits per heavy atom. The third kappa shape index (κ3) is 4.15. The van der Waals surface area contributed by atoms with Gasteiger partial charge in [-0.05, 0) is 24.6 Å². The molecular weight excluding hydrogens is 401 g/mol. The van der Waals surface area contributed by atoms with Crippen LogP contribution in [-0.4, -0.2) is 7.11 Å². The average Bonchev–Trinajstić information content (AvgIpc) is 2.85. The third-order valence-electron chi connectivity index (χ3n) is 5.46. The van der Waals surface area contributed by atoms with Crippen molar-refractivity contribution in [2.75, 3.05) is 12.4 Å². The molecule has 0 aromatic heterocycles. The van der Waals surface area contributed by atoms with Gasteiger partial charge in [0.25, 0.3) is 0 Å². The van der Waals surface area contributed by atoms with Gasteiger partial charge in [-0.2, -0.15) is 0 Å². The third-order valence-corrected chi connectivity index (χ3v) is 8.57. The molecule has 4 aromatic carbocycles. The van der Waals surface area contributed by atoms with Crippen molar-refractivity contribution in [2.24, 2.45) is 0 Å². The van der Waals surface area contributed by atoms with Crippen LogP contribution >= 0.6 is 7.14 Å². The Labute approximate surface area is 184 Å². The minimum atomic E-state index is -3.14.